The molecule has 32 heavy (non-hydrogen) atoms. The monoisotopic (exact) mass is 480 g/mol. The molecule has 1 saturated carbocycles. The molecule has 0 unspecified atom stereocenters. The maximum atomic E-state index is 13.4. The number of halogens is 1. The number of benzene rings is 1. The molecule has 0 bridgehead atoms. The van der Waals surface area contributed by atoms with Gasteiger partial charge in [0.1, 0.15) is 5.69 Å². The summed E-state index contributed by atoms with van der Waals surface area (Å²) in [4.78, 5) is 15.4. The quantitative estimate of drug-likeness (QED) is 0.605. The molecular formula is C22H29ClN4O4S. The Hall–Kier alpha value is -2.10. The smallest absolute Gasteiger partial charge is 0.316 e. The summed E-state index contributed by atoms with van der Waals surface area (Å²) < 4.78 is 33.9. The number of hydrogen-bond acceptors (Lipinski definition) is 6. The standard InChI is InChI=1S/C22H29ClN4O4S/c1-16(2)32(29,30)26-11-9-25(10-12-26)19-14-24-27(18-6-4-5-17(23)13-18)21(28)20(19)31-15-22(3)7-8-22/h4-6,13-14,16H,7-12,15H2,1-3H3. The lowest BCUT2D eigenvalue weighted by Crippen LogP contribution is -2.50. The first-order chi connectivity index (χ1) is 15.1. The van der Waals surface area contributed by atoms with E-state index in [0.29, 0.717) is 49.2 Å². The molecule has 2 aliphatic rings. The van der Waals surface area contributed by atoms with Gasteiger partial charge in [-0.1, -0.05) is 24.6 Å². The van der Waals surface area contributed by atoms with Gasteiger partial charge in [-0.3, -0.25) is 4.79 Å². The number of nitrogens with zero attached hydrogens (tertiary/aromatic N) is 4. The van der Waals surface area contributed by atoms with Gasteiger partial charge in [-0.15, -0.1) is 0 Å². The van der Waals surface area contributed by atoms with Crippen molar-refractivity contribution in [1.82, 2.24) is 14.1 Å². The molecule has 0 N–H and O–H groups in total. The van der Waals surface area contributed by atoms with Gasteiger partial charge in [0.05, 0.1) is 23.7 Å². The van der Waals surface area contributed by atoms with Gasteiger partial charge in [0.15, 0.2) is 0 Å². The van der Waals surface area contributed by atoms with Crippen LogP contribution >= 0.6 is 11.6 Å². The van der Waals surface area contributed by atoms with Crippen LogP contribution in [0.4, 0.5) is 5.69 Å². The molecule has 174 valence electrons. The van der Waals surface area contributed by atoms with Crippen molar-refractivity contribution in [2.45, 2.75) is 38.9 Å². The second-order valence-electron chi connectivity index (χ2n) is 9.13. The van der Waals surface area contributed by atoms with Crippen molar-refractivity contribution < 1.29 is 13.2 Å². The molecule has 0 amide bonds. The number of piperazine rings is 1. The zero-order valence-electron chi connectivity index (χ0n) is 18.6. The summed E-state index contributed by atoms with van der Waals surface area (Å²) in [6, 6.07) is 6.94. The molecule has 8 nitrogen and oxygen atoms in total. The largest absolute Gasteiger partial charge is 0.486 e. The van der Waals surface area contributed by atoms with Gasteiger partial charge in [-0.25, -0.2) is 8.42 Å². The zero-order chi connectivity index (χ0) is 23.1. The first kappa shape index (κ1) is 23.1. The summed E-state index contributed by atoms with van der Waals surface area (Å²) in [6.45, 7) is 7.60. The van der Waals surface area contributed by atoms with Crippen LogP contribution in [0, 0.1) is 5.41 Å². The Kier molecular flexibility index (Phi) is 6.26. The number of hydrogen-bond donors (Lipinski definition) is 0. The van der Waals surface area contributed by atoms with E-state index in [1.165, 1.54) is 8.99 Å². The molecule has 1 aromatic carbocycles. The fourth-order valence-corrected chi connectivity index (χ4v) is 5.12. The van der Waals surface area contributed by atoms with E-state index in [1.54, 1.807) is 44.3 Å². The Morgan fingerprint density at radius 2 is 1.88 bits per heavy atom. The minimum absolute atomic E-state index is 0.0951. The molecule has 0 spiro atoms. The van der Waals surface area contributed by atoms with Crippen molar-refractivity contribution in [2.24, 2.45) is 5.41 Å². The summed E-state index contributed by atoms with van der Waals surface area (Å²) >= 11 is 6.11. The predicted molar refractivity (Wildman–Crippen MR) is 126 cm³/mol. The van der Waals surface area contributed by atoms with Crippen LogP contribution in [0.15, 0.2) is 35.3 Å². The second kappa shape index (κ2) is 8.68. The summed E-state index contributed by atoms with van der Waals surface area (Å²) in [5.41, 5.74) is 0.896. The van der Waals surface area contributed by atoms with Crippen molar-refractivity contribution in [3.05, 3.63) is 45.8 Å². The first-order valence-corrected chi connectivity index (χ1v) is 12.7. The SMILES string of the molecule is CC(C)S(=O)(=O)N1CCN(c2cnn(-c3cccc(Cl)c3)c(=O)c2OCC2(C)CC2)CC1. The molecule has 2 heterocycles. The Balaban J connectivity index is 1.64. The van der Waals surface area contributed by atoms with Gasteiger partial charge in [0.2, 0.25) is 15.8 Å². The Morgan fingerprint density at radius 1 is 1.19 bits per heavy atom. The van der Waals surface area contributed by atoms with Crippen molar-refractivity contribution in [1.29, 1.82) is 0 Å². The maximum absolute atomic E-state index is 13.4. The van der Waals surface area contributed by atoms with Gasteiger partial charge < -0.3 is 9.64 Å². The Morgan fingerprint density at radius 3 is 2.47 bits per heavy atom. The summed E-state index contributed by atoms with van der Waals surface area (Å²) in [5, 5.41) is 4.42. The van der Waals surface area contributed by atoms with Gasteiger partial charge in [-0.05, 0) is 44.9 Å². The van der Waals surface area contributed by atoms with E-state index in [9.17, 15) is 13.2 Å². The van der Waals surface area contributed by atoms with Crippen LogP contribution in [0.1, 0.15) is 33.6 Å². The van der Waals surface area contributed by atoms with Crippen LogP contribution < -0.4 is 15.2 Å². The lowest BCUT2D eigenvalue weighted by molar-refractivity contribution is 0.242. The van der Waals surface area contributed by atoms with Crippen molar-refractivity contribution in [3.8, 4) is 11.4 Å². The third-order valence-corrected chi connectivity index (χ3v) is 8.68. The van der Waals surface area contributed by atoms with Gasteiger partial charge in [0.25, 0.3) is 0 Å². The highest BCUT2D eigenvalue weighted by Crippen LogP contribution is 2.45. The fourth-order valence-electron chi connectivity index (χ4n) is 3.67. The summed E-state index contributed by atoms with van der Waals surface area (Å²) in [5.74, 6) is 0.244. The number of aromatic nitrogens is 2. The number of anilines is 1. The van der Waals surface area contributed by atoms with Gasteiger partial charge in [-0.2, -0.15) is 14.1 Å². The molecule has 2 fully saturated rings. The predicted octanol–water partition coefficient (Wildman–Crippen LogP) is 2.93. The van der Waals surface area contributed by atoms with Gasteiger partial charge >= 0.3 is 5.56 Å². The highest BCUT2D eigenvalue weighted by molar-refractivity contribution is 7.89. The normalized spacial score (nSPS) is 18.7. The van der Waals surface area contributed by atoms with Crippen LogP contribution in [0.5, 0.6) is 5.75 Å². The van der Waals surface area contributed by atoms with E-state index >= 15 is 0 Å². The van der Waals surface area contributed by atoms with E-state index < -0.39 is 15.3 Å². The molecule has 1 aliphatic heterocycles. The molecule has 0 radical (unpaired) electrons. The van der Waals surface area contributed by atoms with E-state index in [4.69, 9.17) is 16.3 Å². The minimum atomic E-state index is -3.31. The Labute approximate surface area is 193 Å². The van der Waals surface area contributed by atoms with Crippen LogP contribution in [0.3, 0.4) is 0 Å². The average molecular weight is 481 g/mol. The Bertz CT molecular complexity index is 1150. The molecule has 1 aliphatic carbocycles. The van der Waals surface area contributed by atoms with E-state index in [0.717, 1.165) is 12.8 Å². The third-order valence-electron chi connectivity index (χ3n) is 6.17. The van der Waals surface area contributed by atoms with Crippen LogP contribution in [-0.4, -0.2) is 60.5 Å². The molecule has 4 rings (SSSR count). The van der Waals surface area contributed by atoms with Crippen molar-refractivity contribution >= 4 is 27.3 Å². The van der Waals surface area contributed by atoms with E-state index in [2.05, 4.69) is 12.0 Å². The first-order valence-electron chi connectivity index (χ1n) is 10.9. The average Bonchev–Trinajstić information content (AvgIpc) is 3.50. The van der Waals surface area contributed by atoms with Crippen molar-refractivity contribution in [2.75, 3.05) is 37.7 Å². The lowest BCUT2D eigenvalue weighted by atomic mass is 10.2. The van der Waals surface area contributed by atoms with Crippen LogP contribution in [-0.2, 0) is 10.0 Å². The molecule has 10 heteroatoms. The molecule has 2 aromatic rings. The molecule has 1 aromatic heterocycles. The molecular weight excluding hydrogens is 452 g/mol. The number of rotatable bonds is 7. The summed E-state index contributed by atoms with van der Waals surface area (Å²) in [7, 11) is -3.31. The van der Waals surface area contributed by atoms with Gasteiger partial charge in [0, 0.05) is 36.6 Å². The lowest BCUT2D eigenvalue weighted by Gasteiger charge is -2.36. The minimum Gasteiger partial charge on any atom is -0.486 e. The highest BCUT2D eigenvalue weighted by atomic mass is 35.5. The van der Waals surface area contributed by atoms with Crippen LogP contribution in [0.2, 0.25) is 5.02 Å². The molecule has 1 saturated heterocycles. The number of ether oxygens (including phenoxy) is 1. The fraction of sp³-hybridized carbons (Fsp3) is 0.545. The van der Waals surface area contributed by atoms with E-state index in [-0.39, 0.29) is 16.7 Å². The van der Waals surface area contributed by atoms with Crippen molar-refractivity contribution in [3.63, 3.8) is 0 Å². The second-order valence-corrected chi connectivity index (χ2v) is 12.1. The topological polar surface area (TPSA) is 84.7 Å². The molecule has 0 atom stereocenters. The van der Waals surface area contributed by atoms with E-state index in [1.807, 2.05) is 4.90 Å². The van der Waals surface area contributed by atoms with Crippen LogP contribution in [0.25, 0.3) is 5.69 Å². The highest BCUT2D eigenvalue weighted by Gasteiger charge is 2.39. The third kappa shape index (κ3) is 4.65. The summed E-state index contributed by atoms with van der Waals surface area (Å²) in [6.07, 6.45) is 3.77. The number of sulfonamides is 1. The zero-order valence-corrected chi connectivity index (χ0v) is 20.2. The maximum Gasteiger partial charge on any atom is 0.316 e.